The summed E-state index contributed by atoms with van der Waals surface area (Å²) >= 11 is 0. The number of rotatable bonds is 4. The van der Waals surface area contributed by atoms with Crippen LogP contribution < -0.4 is 4.72 Å². The largest absolute Gasteiger partial charge is 0.296 e. The molecular formula is C14H25ClN4O2S. The normalized spacial score (nSPS) is 20.9. The van der Waals surface area contributed by atoms with E-state index in [2.05, 4.69) is 14.7 Å². The predicted molar refractivity (Wildman–Crippen MR) is 87.9 cm³/mol. The summed E-state index contributed by atoms with van der Waals surface area (Å²) in [7, 11) is -1.72. The molecule has 0 aromatic carbocycles. The molecule has 2 fully saturated rings. The van der Waals surface area contributed by atoms with Gasteiger partial charge in [-0.3, -0.25) is 9.58 Å². The van der Waals surface area contributed by atoms with Gasteiger partial charge in [-0.25, -0.2) is 13.1 Å². The van der Waals surface area contributed by atoms with Gasteiger partial charge in [0, 0.05) is 19.1 Å². The number of halogens is 1. The second kappa shape index (κ2) is 6.11. The summed E-state index contributed by atoms with van der Waals surface area (Å²) in [5.74, 6) is 0. The van der Waals surface area contributed by atoms with Crippen LogP contribution in [-0.4, -0.2) is 48.3 Å². The second-order valence-electron chi connectivity index (χ2n) is 6.37. The molecule has 0 saturated carbocycles. The standard InChI is InChI=1S/C14H24N4O2S.ClH/c1-11-13(12(2)17(3)16-11)21(19,20)15-10-14-6-4-8-18(14)9-5-7-14;/h15H,4-10H2,1-3H3;1H. The minimum Gasteiger partial charge on any atom is -0.296 e. The number of sulfonamides is 1. The Kier molecular flexibility index (Phi) is 4.92. The van der Waals surface area contributed by atoms with E-state index in [4.69, 9.17) is 0 Å². The number of aryl methyl sites for hydroxylation is 2. The van der Waals surface area contributed by atoms with Gasteiger partial charge in [-0.1, -0.05) is 0 Å². The molecule has 3 heterocycles. The van der Waals surface area contributed by atoms with E-state index in [0.29, 0.717) is 22.8 Å². The van der Waals surface area contributed by atoms with Crippen LogP contribution in [0.3, 0.4) is 0 Å². The molecule has 8 heteroatoms. The smallest absolute Gasteiger partial charge is 0.244 e. The monoisotopic (exact) mass is 348 g/mol. The number of hydrogen-bond acceptors (Lipinski definition) is 4. The van der Waals surface area contributed by atoms with Crippen molar-refractivity contribution in [1.29, 1.82) is 0 Å². The number of hydrogen-bond donors (Lipinski definition) is 1. The lowest BCUT2D eigenvalue weighted by Crippen LogP contribution is -2.48. The van der Waals surface area contributed by atoms with Gasteiger partial charge in [0.25, 0.3) is 0 Å². The highest BCUT2D eigenvalue weighted by atomic mass is 35.5. The Balaban J connectivity index is 0.00000176. The SMILES string of the molecule is Cc1nn(C)c(C)c1S(=O)(=O)NCC12CCCN1CCC2.Cl. The zero-order valence-corrected chi connectivity index (χ0v) is 15.1. The summed E-state index contributed by atoms with van der Waals surface area (Å²) in [6.07, 6.45) is 4.54. The highest BCUT2D eigenvalue weighted by molar-refractivity contribution is 7.89. The fourth-order valence-electron chi connectivity index (χ4n) is 3.96. The molecule has 6 nitrogen and oxygen atoms in total. The topological polar surface area (TPSA) is 67.2 Å². The molecule has 0 spiro atoms. The average molecular weight is 349 g/mol. The van der Waals surface area contributed by atoms with E-state index in [0.717, 1.165) is 25.9 Å². The van der Waals surface area contributed by atoms with Crippen LogP contribution in [0.4, 0.5) is 0 Å². The van der Waals surface area contributed by atoms with Gasteiger partial charge in [-0.05, 0) is 52.6 Å². The maximum Gasteiger partial charge on any atom is 0.244 e. The van der Waals surface area contributed by atoms with Crippen molar-refractivity contribution in [3.8, 4) is 0 Å². The fourth-order valence-corrected chi connectivity index (χ4v) is 5.51. The van der Waals surface area contributed by atoms with Crippen molar-refractivity contribution in [2.75, 3.05) is 19.6 Å². The third-order valence-corrected chi connectivity index (χ3v) is 6.77. The first-order valence-electron chi connectivity index (χ1n) is 7.61. The molecule has 0 aliphatic carbocycles. The van der Waals surface area contributed by atoms with Gasteiger partial charge in [-0.15, -0.1) is 12.4 Å². The quantitative estimate of drug-likeness (QED) is 0.892. The first-order chi connectivity index (χ1) is 9.86. The molecule has 126 valence electrons. The van der Waals surface area contributed by atoms with Crippen molar-refractivity contribution >= 4 is 22.4 Å². The highest BCUT2D eigenvalue weighted by Gasteiger charge is 2.44. The summed E-state index contributed by atoms with van der Waals surface area (Å²) in [5, 5.41) is 4.21. The molecule has 2 aliphatic heterocycles. The Morgan fingerprint density at radius 1 is 1.23 bits per heavy atom. The number of nitrogens with zero attached hydrogens (tertiary/aromatic N) is 3. The van der Waals surface area contributed by atoms with Crippen LogP contribution in [0.25, 0.3) is 0 Å². The van der Waals surface area contributed by atoms with Crippen LogP contribution in [0.1, 0.15) is 37.1 Å². The van der Waals surface area contributed by atoms with Crippen molar-refractivity contribution < 1.29 is 8.42 Å². The Hall–Kier alpha value is -0.630. The van der Waals surface area contributed by atoms with E-state index >= 15 is 0 Å². The van der Waals surface area contributed by atoms with Crippen molar-refractivity contribution in [3.63, 3.8) is 0 Å². The van der Waals surface area contributed by atoms with Gasteiger partial charge < -0.3 is 0 Å². The van der Waals surface area contributed by atoms with Gasteiger partial charge in [0.2, 0.25) is 10.0 Å². The lowest BCUT2D eigenvalue weighted by Gasteiger charge is -2.32. The number of nitrogens with one attached hydrogen (secondary N) is 1. The number of fused-ring (bicyclic) bond motifs is 1. The van der Waals surface area contributed by atoms with Crippen LogP contribution in [0.15, 0.2) is 4.90 Å². The first kappa shape index (κ1) is 17.7. The Morgan fingerprint density at radius 2 is 1.82 bits per heavy atom. The minimum absolute atomic E-state index is 0. The third kappa shape index (κ3) is 2.79. The van der Waals surface area contributed by atoms with E-state index in [1.54, 1.807) is 25.6 Å². The number of aromatic nitrogens is 2. The molecule has 0 bridgehead atoms. The minimum atomic E-state index is -3.49. The molecule has 0 radical (unpaired) electrons. The lowest BCUT2D eigenvalue weighted by molar-refractivity contribution is 0.198. The van der Waals surface area contributed by atoms with Crippen molar-refractivity contribution in [3.05, 3.63) is 11.4 Å². The van der Waals surface area contributed by atoms with Crippen LogP contribution in [-0.2, 0) is 17.1 Å². The van der Waals surface area contributed by atoms with Crippen LogP contribution >= 0.6 is 12.4 Å². The van der Waals surface area contributed by atoms with Gasteiger partial charge >= 0.3 is 0 Å². The Bertz CT molecular complexity index is 646. The van der Waals surface area contributed by atoms with Gasteiger partial charge in [0.15, 0.2) is 0 Å². The summed E-state index contributed by atoms with van der Waals surface area (Å²) in [5.41, 5.74) is 1.30. The van der Waals surface area contributed by atoms with Crippen LogP contribution in [0.2, 0.25) is 0 Å². The van der Waals surface area contributed by atoms with Gasteiger partial charge in [0.1, 0.15) is 4.90 Å². The first-order valence-corrected chi connectivity index (χ1v) is 9.09. The molecule has 1 aromatic rings. The van der Waals surface area contributed by atoms with E-state index in [1.807, 2.05) is 0 Å². The summed E-state index contributed by atoms with van der Waals surface area (Å²) in [6, 6.07) is 0. The summed E-state index contributed by atoms with van der Waals surface area (Å²) < 4.78 is 29.8. The molecule has 2 saturated heterocycles. The molecule has 1 N–H and O–H groups in total. The summed E-state index contributed by atoms with van der Waals surface area (Å²) in [4.78, 5) is 2.79. The molecule has 0 unspecified atom stereocenters. The molecule has 22 heavy (non-hydrogen) atoms. The summed E-state index contributed by atoms with van der Waals surface area (Å²) in [6.45, 7) is 6.27. The zero-order valence-electron chi connectivity index (χ0n) is 13.4. The van der Waals surface area contributed by atoms with Crippen LogP contribution in [0, 0.1) is 13.8 Å². The molecule has 2 aliphatic rings. The maximum absolute atomic E-state index is 12.6. The van der Waals surface area contributed by atoms with Crippen LogP contribution in [0.5, 0.6) is 0 Å². The molecule has 1 aromatic heterocycles. The second-order valence-corrected chi connectivity index (χ2v) is 8.07. The molecule has 0 amide bonds. The van der Waals surface area contributed by atoms with Gasteiger partial charge in [-0.2, -0.15) is 5.10 Å². The van der Waals surface area contributed by atoms with Crippen molar-refractivity contribution in [2.45, 2.75) is 50.0 Å². The van der Waals surface area contributed by atoms with E-state index in [9.17, 15) is 8.42 Å². The van der Waals surface area contributed by atoms with Crippen molar-refractivity contribution in [2.24, 2.45) is 7.05 Å². The van der Waals surface area contributed by atoms with E-state index in [1.165, 1.54) is 12.8 Å². The van der Waals surface area contributed by atoms with Crippen molar-refractivity contribution in [1.82, 2.24) is 19.4 Å². The predicted octanol–water partition coefficient (Wildman–Crippen LogP) is 1.37. The zero-order chi connectivity index (χ0) is 15.3. The maximum atomic E-state index is 12.6. The average Bonchev–Trinajstić information content (AvgIpc) is 3.01. The van der Waals surface area contributed by atoms with E-state index < -0.39 is 10.0 Å². The Labute approximate surface area is 138 Å². The van der Waals surface area contributed by atoms with E-state index in [-0.39, 0.29) is 17.9 Å². The van der Waals surface area contributed by atoms with Gasteiger partial charge in [0.05, 0.1) is 11.4 Å². The lowest BCUT2D eigenvalue weighted by atomic mass is 9.95. The molecule has 3 rings (SSSR count). The highest BCUT2D eigenvalue weighted by Crippen LogP contribution is 2.38. The third-order valence-electron chi connectivity index (χ3n) is 5.11. The Morgan fingerprint density at radius 3 is 2.32 bits per heavy atom. The molecule has 0 atom stereocenters. The molecular weight excluding hydrogens is 324 g/mol. The fraction of sp³-hybridized carbons (Fsp3) is 0.786.